The molecule has 1 fully saturated rings. The van der Waals surface area contributed by atoms with Crippen LogP contribution in [0.4, 0.5) is 14.9 Å². The fourth-order valence-corrected chi connectivity index (χ4v) is 4.17. The van der Waals surface area contributed by atoms with Gasteiger partial charge in [-0.05, 0) is 42.8 Å². The molecule has 4 rings (SSSR count). The summed E-state index contributed by atoms with van der Waals surface area (Å²) >= 11 is 0. The van der Waals surface area contributed by atoms with Crippen LogP contribution in [0.25, 0.3) is 0 Å². The first kappa shape index (κ1) is 26.4. The quantitative estimate of drug-likeness (QED) is 0.446. The lowest BCUT2D eigenvalue weighted by molar-refractivity contribution is -0.133. The third-order valence-electron chi connectivity index (χ3n) is 6.19. The topological polar surface area (TPSA) is 78.3 Å². The molecule has 1 N–H and O–H groups in total. The van der Waals surface area contributed by atoms with Gasteiger partial charge >= 0.3 is 6.03 Å². The predicted octanol–water partition coefficient (Wildman–Crippen LogP) is 4.12. The van der Waals surface area contributed by atoms with Crippen LogP contribution < -0.4 is 5.32 Å². The van der Waals surface area contributed by atoms with Gasteiger partial charge in [0.15, 0.2) is 0 Å². The van der Waals surface area contributed by atoms with E-state index in [4.69, 9.17) is 9.15 Å². The van der Waals surface area contributed by atoms with Crippen molar-refractivity contribution in [3.8, 4) is 0 Å². The van der Waals surface area contributed by atoms with Crippen LogP contribution in [0.2, 0.25) is 0 Å². The van der Waals surface area contributed by atoms with E-state index in [2.05, 4.69) is 10.2 Å². The van der Waals surface area contributed by atoms with Crippen molar-refractivity contribution in [3.05, 3.63) is 89.6 Å². The van der Waals surface area contributed by atoms with Crippen molar-refractivity contribution in [2.45, 2.75) is 20.0 Å². The highest BCUT2D eigenvalue weighted by atomic mass is 19.1. The largest absolute Gasteiger partial charge is 0.464 e. The minimum atomic E-state index is -0.458. The fourth-order valence-electron chi connectivity index (χ4n) is 4.17. The number of hydrogen-bond acceptors (Lipinski definition) is 5. The number of urea groups is 1. The van der Waals surface area contributed by atoms with Crippen molar-refractivity contribution in [2.75, 3.05) is 51.3 Å². The molecule has 3 aromatic rings. The number of nitrogens with zero attached hydrogens (tertiary/aromatic N) is 3. The molecule has 1 aromatic heterocycles. The molecule has 1 aliphatic rings. The van der Waals surface area contributed by atoms with E-state index in [9.17, 15) is 14.0 Å². The number of amides is 3. The standard InChI is InChI=1S/C28H33FN4O4/c1-22-10-11-26(37-22)20-33(19-23-6-3-2-4-7-23)27(34)21-32(13-12-31-14-16-36-17-15-31)28(35)30-25-9-5-8-24(29)18-25/h2-11,18H,12-17,19-21H2,1H3,(H,30,35). The highest BCUT2D eigenvalue weighted by molar-refractivity contribution is 5.92. The molecule has 0 aliphatic carbocycles. The van der Waals surface area contributed by atoms with Crippen molar-refractivity contribution in [1.29, 1.82) is 0 Å². The molecule has 8 nitrogen and oxygen atoms in total. The number of ether oxygens (including phenoxy) is 1. The van der Waals surface area contributed by atoms with Crippen LogP contribution in [0.5, 0.6) is 0 Å². The Balaban J connectivity index is 1.49. The molecular weight excluding hydrogens is 475 g/mol. The summed E-state index contributed by atoms with van der Waals surface area (Å²) in [7, 11) is 0. The molecule has 1 aliphatic heterocycles. The van der Waals surface area contributed by atoms with Crippen molar-refractivity contribution in [1.82, 2.24) is 14.7 Å². The molecule has 1 saturated heterocycles. The third kappa shape index (κ3) is 8.16. The summed E-state index contributed by atoms with van der Waals surface area (Å²) in [5, 5.41) is 2.73. The lowest BCUT2D eigenvalue weighted by Crippen LogP contribution is -2.48. The molecule has 0 radical (unpaired) electrons. The number of nitrogens with one attached hydrogen (secondary N) is 1. The number of carbonyl (C=O) groups is 2. The number of anilines is 1. The van der Waals surface area contributed by atoms with Crippen LogP contribution in [-0.4, -0.2) is 72.6 Å². The predicted molar refractivity (Wildman–Crippen MR) is 138 cm³/mol. The summed E-state index contributed by atoms with van der Waals surface area (Å²) in [6.45, 7) is 6.15. The Hall–Kier alpha value is -3.69. The van der Waals surface area contributed by atoms with Crippen LogP contribution in [0, 0.1) is 12.7 Å². The zero-order valence-electron chi connectivity index (χ0n) is 21.1. The molecule has 0 unspecified atom stereocenters. The SMILES string of the molecule is Cc1ccc(CN(Cc2ccccc2)C(=O)CN(CCN2CCOCC2)C(=O)Nc2cccc(F)c2)o1. The minimum absolute atomic E-state index is 0.127. The Kier molecular flexibility index (Phi) is 9.29. The average Bonchev–Trinajstić information content (AvgIpc) is 3.31. The zero-order valence-corrected chi connectivity index (χ0v) is 21.1. The minimum Gasteiger partial charge on any atom is -0.464 e. The van der Waals surface area contributed by atoms with Gasteiger partial charge in [-0.3, -0.25) is 9.69 Å². The van der Waals surface area contributed by atoms with Gasteiger partial charge in [-0.15, -0.1) is 0 Å². The summed E-state index contributed by atoms with van der Waals surface area (Å²) in [6, 6.07) is 18.7. The second kappa shape index (κ2) is 13.0. The highest BCUT2D eigenvalue weighted by Gasteiger charge is 2.24. The lowest BCUT2D eigenvalue weighted by Gasteiger charge is -2.31. The number of aryl methyl sites for hydroxylation is 1. The van der Waals surface area contributed by atoms with Gasteiger partial charge in [0.05, 0.1) is 19.8 Å². The highest BCUT2D eigenvalue weighted by Crippen LogP contribution is 2.15. The molecule has 0 spiro atoms. The summed E-state index contributed by atoms with van der Waals surface area (Å²) in [6.07, 6.45) is 0. The first-order chi connectivity index (χ1) is 18.0. The summed E-state index contributed by atoms with van der Waals surface area (Å²) < 4.78 is 24.8. The lowest BCUT2D eigenvalue weighted by atomic mass is 10.2. The normalized spacial score (nSPS) is 13.8. The van der Waals surface area contributed by atoms with Gasteiger partial charge in [0.2, 0.25) is 5.91 Å². The molecular formula is C28H33FN4O4. The van der Waals surface area contributed by atoms with Crippen molar-refractivity contribution in [3.63, 3.8) is 0 Å². The van der Waals surface area contributed by atoms with E-state index >= 15 is 0 Å². The van der Waals surface area contributed by atoms with Gasteiger partial charge < -0.3 is 24.3 Å². The molecule has 0 bridgehead atoms. The Morgan fingerprint density at radius 2 is 1.76 bits per heavy atom. The number of carbonyl (C=O) groups excluding carboxylic acids is 2. The summed E-state index contributed by atoms with van der Waals surface area (Å²) in [4.78, 5) is 32.2. The van der Waals surface area contributed by atoms with Gasteiger partial charge in [-0.2, -0.15) is 0 Å². The van der Waals surface area contributed by atoms with Gasteiger partial charge in [0.1, 0.15) is 23.9 Å². The maximum absolute atomic E-state index is 13.7. The molecule has 9 heteroatoms. The van der Waals surface area contributed by atoms with Gasteiger partial charge in [0.25, 0.3) is 0 Å². The first-order valence-electron chi connectivity index (χ1n) is 12.4. The molecule has 3 amide bonds. The van der Waals surface area contributed by atoms with Crippen molar-refractivity contribution in [2.24, 2.45) is 0 Å². The molecule has 196 valence electrons. The second-order valence-corrected chi connectivity index (χ2v) is 9.06. The molecule has 37 heavy (non-hydrogen) atoms. The van der Waals surface area contributed by atoms with E-state index < -0.39 is 11.8 Å². The number of hydrogen-bond donors (Lipinski definition) is 1. The Labute approximate surface area is 216 Å². The van der Waals surface area contributed by atoms with Crippen LogP contribution in [0.15, 0.2) is 71.1 Å². The van der Waals surface area contributed by atoms with Gasteiger partial charge in [-0.25, -0.2) is 9.18 Å². The van der Waals surface area contributed by atoms with Crippen LogP contribution in [0.1, 0.15) is 17.1 Å². The first-order valence-corrected chi connectivity index (χ1v) is 12.4. The third-order valence-corrected chi connectivity index (χ3v) is 6.19. The van der Waals surface area contributed by atoms with E-state index in [0.717, 1.165) is 24.4 Å². The van der Waals surface area contributed by atoms with Crippen LogP contribution in [0.3, 0.4) is 0 Å². The second-order valence-electron chi connectivity index (χ2n) is 9.06. The molecule has 0 saturated carbocycles. The van der Waals surface area contributed by atoms with Crippen molar-refractivity contribution >= 4 is 17.6 Å². The van der Waals surface area contributed by atoms with Crippen molar-refractivity contribution < 1.29 is 23.1 Å². The molecule has 0 atom stereocenters. The van der Waals surface area contributed by atoms with Gasteiger partial charge in [-0.1, -0.05) is 36.4 Å². The summed E-state index contributed by atoms with van der Waals surface area (Å²) in [5.41, 5.74) is 1.31. The van der Waals surface area contributed by atoms with E-state index in [1.165, 1.54) is 23.1 Å². The van der Waals surface area contributed by atoms with Crippen LogP contribution >= 0.6 is 0 Å². The van der Waals surface area contributed by atoms with Gasteiger partial charge in [0, 0.05) is 38.4 Å². The number of furan rings is 1. The van der Waals surface area contributed by atoms with E-state index in [0.29, 0.717) is 44.3 Å². The average molecular weight is 509 g/mol. The summed E-state index contributed by atoms with van der Waals surface area (Å²) in [5.74, 6) is 0.778. The number of benzene rings is 2. The van der Waals surface area contributed by atoms with E-state index in [-0.39, 0.29) is 19.0 Å². The number of halogens is 1. The zero-order chi connectivity index (χ0) is 26.0. The fraction of sp³-hybridized carbons (Fsp3) is 0.357. The molecule has 2 heterocycles. The Bertz CT molecular complexity index is 1160. The monoisotopic (exact) mass is 508 g/mol. The van der Waals surface area contributed by atoms with Crippen LogP contribution in [-0.2, 0) is 22.6 Å². The maximum atomic E-state index is 13.7. The smallest absolute Gasteiger partial charge is 0.322 e. The number of rotatable bonds is 10. The maximum Gasteiger partial charge on any atom is 0.322 e. The molecule has 2 aromatic carbocycles. The van der Waals surface area contributed by atoms with E-state index in [1.54, 1.807) is 11.0 Å². The Morgan fingerprint density at radius 1 is 0.973 bits per heavy atom. The Morgan fingerprint density at radius 3 is 2.46 bits per heavy atom. The van der Waals surface area contributed by atoms with E-state index in [1.807, 2.05) is 49.4 Å². The number of morpholine rings is 1.